The van der Waals surface area contributed by atoms with Crippen molar-refractivity contribution in [3.8, 4) is 0 Å². The number of alkyl halides is 3. The molecule has 11 heteroatoms. The summed E-state index contributed by atoms with van der Waals surface area (Å²) in [6.07, 6.45) is 2.24. The standard InChI is InChI=1S/C40H50F4N4O3/c1-26-13-15-39(51,36(50)25-48-19-17-47(18-20-48)24-27-3-5-29(6-4-27)40(42,43)44)16-14-35(49)37-33(26)12-7-30-21-34(28(23-45)22-38(30,37)2)46-32-10-8-31(41)9-11-32/h3-6,8-11,21,23,26,28,33,35,37,45,49,51H,7,12-20,22,24-25H2,1-2H3. The van der Waals surface area contributed by atoms with Gasteiger partial charge in [0.1, 0.15) is 11.4 Å². The number of hydrogen-bond donors (Lipinski definition) is 3. The Hall–Kier alpha value is -3.25. The molecule has 7 atom stereocenters. The summed E-state index contributed by atoms with van der Waals surface area (Å²) in [5.74, 6) is -0.550. The van der Waals surface area contributed by atoms with Crippen molar-refractivity contribution in [2.75, 3.05) is 32.7 Å². The van der Waals surface area contributed by atoms with Crippen molar-refractivity contribution in [2.24, 2.45) is 34.1 Å². The van der Waals surface area contributed by atoms with E-state index in [1.54, 1.807) is 12.1 Å². The Labute approximate surface area is 298 Å². The maximum atomic E-state index is 13.8. The Kier molecular flexibility index (Phi) is 11.0. The molecule has 2 saturated carbocycles. The molecule has 3 aliphatic carbocycles. The lowest BCUT2D eigenvalue weighted by molar-refractivity contribution is -0.141. The maximum Gasteiger partial charge on any atom is 0.416 e. The zero-order valence-electron chi connectivity index (χ0n) is 29.5. The van der Waals surface area contributed by atoms with Gasteiger partial charge in [0.05, 0.1) is 23.9 Å². The highest BCUT2D eigenvalue weighted by Crippen LogP contribution is 2.58. The first-order valence-corrected chi connectivity index (χ1v) is 18.3. The fraction of sp³-hybridized carbons (Fsp3) is 0.575. The summed E-state index contributed by atoms with van der Waals surface area (Å²) in [6.45, 7) is 7.56. The minimum atomic E-state index is -4.36. The highest BCUT2D eigenvalue weighted by molar-refractivity contribution is 6.07. The van der Waals surface area contributed by atoms with Crippen LogP contribution >= 0.6 is 0 Å². The smallest absolute Gasteiger partial charge is 0.393 e. The van der Waals surface area contributed by atoms with Crippen molar-refractivity contribution in [1.29, 1.82) is 5.41 Å². The van der Waals surface area contributed by atoms with Crippen LogP contribution in [0.1, 0.15) is 69.9 Å². The predicted molar refractivity (Wildman–Crippen MR) is 190 cm³/mol. The molecule has 1 heterocycles. The minimum Gasteiger partial charge on any atom is -0.393 e. The number of fused-ring (bicyclic) bond motifs is 3. The number of aliphatic hydroxyl groups excluding tert-OH is 1. The van der Waals surface area contributed by atoms with Gasteiger partial charge in [0, 0.05) is 50.6 Å². The van der Waals surface area contributed by atoms with Crippen molar-refractivity contribution < 1.29 is 32.6 Å². The average Bonchev–Trinajstić information content (AvgIpc) is 3.14. The summed E-state index contributed by atoms with van der Waals surface area (Å²) in [5, 5.41) is 32.1. The maximum absolute atomic E-state index is 13.8. The molecule has 51 heavy (non-hydrogen) atoms. The van der Waals surface area contributed by atoms with Gasteiger partial charge in [0.2, 0.25) is 0 Å². The van der Waals surface area contributed by atoms with Gasteiger partial charge in [-0.05, 0) is 116 Å². The number of benzene rings is 2. The molecule has 4 aliphatic rings. The van der Waals surface area contributed by atoms with E-state index in [2.05, 4.69) is 24.8 Å². The first-order chi connectivity index (χ1) is 24.2. The van der Waals surface area contributed by atoms with Crippen LogP contribution in [0.2, 0.25) is 0 Å². The molecule has 0 radical (unpaired) electrons. The van der Waals surface area contributed by atoms with Gasteiger partial charge in [-0.25, -0.2) is 4.39 Å². The Balaban J connectivity index is 1.10. The van der Waals surface area contributed by atoms with Gasteiger partial charge >= 0.3 is 6.18 Å². The number of carbonyl (C=O) groups excluding carboxylic acids is 1. The first-order valence-electron chi connectivity index (χ1n) is 18.3. The summed E-state index contributed by atoms with van der Waals surface area (Å²) in [5.41, 5.74) is 0.824. The van der Waals surface area contributed by atoms with Gasteiger partial charge in [-0.3, -0.25) is 19.6 Å². The lowest BCUT2D eigenvalue weighted by atomic mass is 9.51. The third-order valence-electron chi connectivity index (χ3n) is 12.4. The van der Waals surface area contributed by atoms with E-state index in [0.29, 0.717) is 64.1 Å². The van der Waals surface area contributed by atoms with Crippen molar-refractivity contribution in [1.82, 2.24) is 9.80 Å². The molecule has 1 aliphatic heterocycles. The second-order valence-corrected chi connectivity index (χ2v) is 15.6. The van der Waals surface area contributed by atoms with Crippen molar-refractivity contribution in [3.63, 3.8) is 0 Å². The Morgan fingerprint density at radius 1 is 1.00 bits per heavy atom. The number of ketones is 1. The zero-order valence-corrected chi connectivity index (χ0v) is 29.5. The molecule has 2 aromatic rings. The number of piperazine rings is 1. The number of rotatable bonds is 7. The molecule has 0 spiro atoms. The number of nitrogens with zero attached hydrogens (tertiary/aromatic N) is 3. The molecule has 7 nitrogen and oxygen atoms in total. The molecule has 0 bridgehead atoms. The molecule has 3 fully saturated rings. The van der Waals surface area contributed by atoms with Gasteiger partial charge < -0.3 is 15.6 Å². The number of carbonyl (C=O) groups is 1. The number of nitrogens with one attached hydrogen (secondary N) is 1. The zero-order chi connectivity index (χ0) is 36.6. The molecule has 2 aromatic carbocycles. The molecular weight excluding hydrogens is 660 g/mol. The summed E-state index contributed by atoms with van der Waals surface area (Å²) >= 11 is 0. The van der Waals surface area contributed by atoms with Crippen LogP contribution in [0.15, 0.2) is 65.2 Å². The van der Waals surface area contributed by atoms with Crippen LogP contribution in [-0.2, 0) is 17.5 Å². The number of aliphatic imine (C=N–C) groups is 1. The summed E-state index contributed by atoms with van der Waals surface area (Å²) in [7, 11) is 0. The number of aliphatic hydroxyl groups is 2. The van der Waals surface area contributed by atoms with E-state index in [1.165, 1.54) is 36.1 Å². The van der Waals surface area contributed by atoms with E-state index < -0.39 is 23.4 Å². The predicted octanol–water partition coefficient (Wildman–Crippen LogP) is 7.23. The number of hydrogen-bond acceptors (Lipinski definition) is 7. The topological polar surface area (TPSA) is 100 Å². The van der Waals surface area contributed by atoms with E-state index in [0.717, 1.165) is 36.2 Å². The normalized spacial score (nSPS) is 33.3. The fourth-order valence-corrected chi connectivity index (χ4v) is 9.26. The van der Waals surface area contributed by atoms with Crippen LogP contribution in [0.4, 0.5) is 23.2 Å². The van der Waals surface area contributed by atoms with Gasteiger partial charge in [-0.2, -0.15) is 13.2 Å². The van der Waals surface area contributed by atoms with E-state index in [4.69, 9.17) is 10.4 Å². The van der Waals surface area contributed by atoms with Gasteiger partial charge in [0.15, 0.2) is 5.78 Å². The second-order valence-electron chi connectivity index (χ2n) is 15.6. The monoisotopic (exact) mass is 710 g/mol. The minimum absolute atomic E-state index is 0.0995. The highest BCUT2D eigenvalue weighted by Gasteiger charge is 2.53. The van der Waals surface area contributed by atoms with Crippen LogP contribution in [0, 0.1) is 40.3 Å². The molecule has 6 rings (SSSR count). The van der Waals surface area contributed by atoms with E-state index in [-0.39, 0.29) is 53.7 Å². The average molecular weight is 711 g/mol. The van der Waals surface area contributed by atoms with Crippen molar-refractivity contribution in [3.05, 3.63) is 77.1 Å². The van der Waals surface area contributed by atoms with Gasteiger partial charge in [0.25, 0.3) is 0 Å². The van der Waals surface area contributed by atoms with Crippen LogP contribution in [0.5, 0.6) is 0 Å². The Morgan fingerprint density at radius 3 is 2.29 bits per heavy atom. The second kappa shape index (κ2) is 15.0. The molecule has 0 amide bonds. The summed E-state index contributed by atoms with van der Waals surface area (Å²) in [4.78, 5) is 22.8. The molecule has 3 N–H and O–H groups in total. The van der Waals surface area contributed by atoms with E-state index in [9.17, 15) is 32.6 Å². The SMILES string of the molecule is CC1CCC(O)(C(=O)CN2CCN(Cc3ccc(C(F)(F)F)cc3)CC2)CCC(O)C2C1CCC1=CC(=Nc3ccc(F)cc3)C(C=N)CC12C. The first kappa shape index (κ1) is 37.5. The van der Waals surface area contributed by atoms with Crippen molar-refractivity contribution >= 4 is 23.4 Å². The highest BCUT2D eigenvalue weighted by atomic mass is 19.4. The molecular formula is C40H50F4N4O3. The van der Waals surface area contributed by atoms with Crippen LogP contribution in [0.3, 0.4) is 0 Å². The molecule has 0 aromatic heterocycles. The van der Waals surface area contributed by atoms with Crippen LogP contribution in [-0.4, -0.2) is 82.2 Å². The van der Waals surface area contributed by atoms with Crippen LogP contribution in [0.25, 0.3) is 0 Å². The quantitative estimate of drug-likeness (QED) is 0.208. The van der Waals surface area contributed by atoms with E-state index in [1.807, 2.05) is 4.90 Å². The molecule has 7 unspecified atom stereocenters. The largest absolute Gasteiger partial charge is 0.416 e. The third-order valence-corrected chi connectivity index (χ3v) is 12.4. The van der Waals surface area contributed by atoms with E-state index >= 15 is 0 Å². The Bertz CT molecular complexity index is 1620. The van der Waals surface area contributed by atoms with Crippen molar-refractivity contribution in [2.45, 2.75) is 83.2 Å². The third kappa shape index (κ3) is 8.22. The summed E-state index contributed by atoms with van der Waals surface area (Å²) in [6, 6.07) is 11.2. The Morgan fingerprint density at radius 2 is 1.65 bits per heavy atom. The number of halogens is 4. The number of allylic oxidation sites excluding steroid dienone is 2. The number of Topliss-reactive ketones (excluding diaryl/α,β-unsaturated/α-hetero) is 1. The molecule has 276 valence electrons. The lowest BCUT2D eigenvalue weighted by Gasteiger charge is -2.54. The van der Waals surface area contributed by atoms with Gasteiger partial charge in [-0.15, -0.1) is 0 Å². The van der Waals surface area contributed by atoms with Gasteiger partial charge in [-0.1, -0.05) is 31.6 Å². The molecule has 1 saturated heterocycles. The lowest BCUT2D eigenvalue weighted by Crippen LogP contribution is -2.52. The summed E-state index contributed by atoms with van der Waals surface area (Å²) < 4.78 is 52.3. The van der Waals surface area contributed by atoms with Crippen LogP contribution < -0.4 is 0 Å². The fourth-order valence-electron chi connectivity index (χ4n) is 9.26.